The van der Waals surface area contributed by atoms with Crippen LogP contribution in [0.15, 0.2) is 36.4 Å². The average Bonchev–Trinajstić information content (AvgIpc) is 2.74. The summed E-state index contributed by atoms with van der Waals surface area (Å²) in [6, 6.07) is 5.67. The van der Waals surface area contributed by atoms with E-state index in [2.05, 4.69) is 0 Å². The van der Waals surface area contributed by atoms with Gasteiger partial charge in [-0.3, -0.25) is 4.79 Å². The molecule has 0 aliphatic carbocycles. The molecule has 194 valence electrons. The number of carbonyl (C=O) groups excluding carboxylic acids is 1. The van der Waals surface area contributed by atoms with Crippen LogP contribution in [-0.4, -0.2) is 31.3 Å². The second-order valence-electron chi connectivity index (χ2n) is 7.12. The fraction of sp³-hybridized carbons (Fsp3) is 0.435. The lowest BCUT2D eigenvalue weighted by atomic mass is 10.0. The van der Waals surface area contributed by atoms with Crippen molar-refractivity contribution in [2.24, 2.45) is 0 Å². The summed E-state index contributed by atoms with van der Waals surface area (Å²) in [6.45, 7) is 7.32. The van der Waals surface area contributed by atoms with Gasteiger partial charge in [0.05, 0.1) is 11.1 Å². The summed E-state index contributed by atoms with van der Waals surface area (Å²) < 4.78 is 103. The molecule has 3 unspecified atom stereocenters. The van der Waals surface area contributed by atoms with Crippen molar-refractivity contribution in [1.29, 1.82) is 0 Å². The van der Waals surface area contributed by atoms with E-state index in [1.54, 1.807) is 27.7 Å². The maximum atomic E-state index is 13.5. The monoisotopic (exact) mass is 526 g/mol. The Morgan fingerprint density at radius 2 is 1.37 bits per heavy atom. The number of alkyl halides is 6. The van der Waals surface area contributed by atoms with Gasteiger partial charge >= 0.3 is 12.4 Å². The van der Waals surface area contributed by atoms with Crippen LogP contribution in [0.2, 0.25) is 0 Å². The van der Waals surface area contributed by atoms with Gasteiger partial charge in [0.25, 0.3) is 0 Å². The largest absolute Gasteiger partial charge is 0.465 e. The van der Waals surface area contributed by atoms with Crippen molar-refractivity contribution >= 4 is 19.4 Å². The molecule has 0 aliphatic rings. The van der Waals surface area contributed by atoms with E-state index in [0.29, 0.717) is 24.8 Å². The number of hydrogen-bond donors (Lipinski definition) is 0. The van der Waals surface area contributed by atoms with Crippen LogP contribution >= 0.6 is 8.58 Å². The zero-order valence-electron chi connectivity index (χ0n) is 19.3. The van der Waals surface area contributed by atoms with Crippen molar-refractivity contribution in [3.8, 4) is 11.5 Å². The van der Waals surface area contributed by atoms with E-state index < -0.39 is 55.7 Å². The fourth-order valence-electron chi connectivity index (χ4n) is 3.14. The average molecular weight is 526 g/mol. The lowest BCUT2D eigenvalue weighted by molar-refractivity contribution is -0.143. The number of rotatable bonds is 11. The van der Waals surface area contributed by atoms with Crippen molar-refractivity contribution in [1.82, 2.24) is 0 Å². The second kappa shape index (κ2) is 12.1. The van der Waals surface area contributed by atoms with Gasteiger partial charge in [0.2, 0.25) is 0 Å². The van der Waals surface area contributed by atoms with Crippen LogP contribution in [-0.2, 0) is 21.8 Å². The maximum Gasteiger partial charge on any atom is 0.417 e. The van der Waals surface area contributed by atoms with Crippen molar-refractivity contribution in [2.75, 3.05) is 13.2 Å². The summed E-state index contributed by atoms with van der Waals surface area (Å²) in [4.78, 5) is 12.9. The van der Waals surface area contributed by atoms with E-state index >= 15 is 0 Å². The molecule has 0 heterocycles. The molecule has 0 aliphatic heterocycles. The normalized spacial score (nSPS) is 14.2. The third kappa shape index (κ3) is 8.08. The molecule has 0 fully saturated rings. The predicted molar refractivity (Wildman–Crippen MR) is 119 cm³/mol. The first-order valence-electron chi connectivity index (χ1n) is 10.6. The van der Waals surface area contributed by atoms with E-state index in [0.717, 1.165) is 0 Å². The van der Waals surface area contributed by atoms with E-state index in [9.17, 15) is 31.1 Å². The minimum absolute atomic E-state index is 0.0249. The molecule has 3 atom stereocenters. The van der Waals surface area contributed by atoms with Crippen LogP contribution in [0.3, 0.4) is 0 Å². The van der Waals surface area contributed by atoms with Crippen molar-refractivity contribution in [3.05, 3.63) is 53.1 Å². The van der Waals surface area contributed by atoms with Crippen molar-refractivity contribution < 1.29 is 50.1 Å². The lowest BCUT2D eigenvalue weighted by Crippen LogP contribution is -2.22. The van der Waals surface area contributed by atoms with Gasteiger partial charge in [-0.05, 0) is 60.5 Å². The van der Waals surface area contributed by atoms with Crippen LogP contribution in [0, 0.1) is 0 Å². The summed E-state index contributed by atoms with van der Waals surface area (Å²) in [5.74, 6) is 0.286. The molecule has 35 heavy (non-hydrogen) atoms. The van der Waals surface area contributed by atoms with E-state index in [4.69, 9.17) is 18.9 Å². The summed E-state index contributed by atoms with van der Waals surface area (Å²) in [5.41, 5.74) is -6.07. The third-order valence-corrected chi connectivity index (χ3v) is 5.66. The molecule has 2 aromatic carbocycles. The predicted octanol–water partition coefficient (Wildman–Crippen LogP) is 6.39. The minimum atomic E-state index is -5.16. The highest BCUT2D eigenvalue weighted by Gasteiger charge is 2.42. The van der Waals surface area contributed by atoms with E-state index in [-0.39, 0.29) is 23.4 Å². The Labute approximate surface area is 200 Å². The first-order valence-corrected chi connectivity index (χ1v) is 11.6. The minimum Gasteiger partial charge on any atom is -0.465 e. The third-order valence-electron chi connectivity index (χ3n) is 4.50. The molecule has 0 saturated carbocycles. The van der Waals surface area contributed by atoms with Crippen LogP contribution in [0.5, 0.6) is 11.5 Å². The number of ether oxygens (including phenoxy) is 4. The Bertz CT molecular complexity index is 977. The molecule has 0 radical (unpaired) electrons. The molecular weight excluding hydrogens is 501 g/mol. The van der Waals surface area contributed by atoms with Crippen LogP contribution in [0.1, 0.15) is 49.2 Å². The van der Waals surface area contributed by atoms with Gasteiger partial charge < -0.3 is 18.9 Å². The van der Waals surface area contributed by atoms with Gasteiger partial charge in [0.1, 0.15) is 11.5 Å². The Morgan fingerprint density at radius 1 is 0.857 bits per heavy atom. The highest BCUT2D eigenvalue weighted by atomic mass is 31.1. The summed E-state index contributed by atoms with van der Waals surface area (Å²) in [7, 11) is -1.11. The van der Waals surface area contributed by atoms with Gasteiger partial charge in [-0.15, -0.1) is 0 Å². The van der Waals surface area contributed by atoms with E-state index in [1.165, 1.54) is 18.2 Å². The zero-order valence-corrected chi connectivity index (χ0v) is 20.3. The van der Waals surface area contributed by atoms with Gasteiger partial charge in [-0.1, -0.05) is 6.07 Å². The maximum absolute atomic E-state index is 13.5. The number of carbonyl (C=O) groups is 1. The Morgan fingerprint density at radius 3 is 1.86 bits per heavy atom. The molecule has 0 N–H and O–H groups in total. The van der Waals surface area contributed by atoms with Gasteiger partial charge in [-0.25, -0.2) is 0 Å². The second-order valence-corrected chi connectivity index (χ2v) is 8.36. The highest BCUT2D eigenvalue weighted by molar-refractivity contribution is 7.66. The molecule has 0 saturated heterocycles. The molecule has 2 rings (SSSR count). The number of benzene rings is 2. The SMILES string of the molecule is CCOC(C)Oc1ccc(PC(=O)c2c(C(F)(F)F)cccc2C(F)(F)F)c(OC(C)OCC)c1. The zero-order chi connectivity index (χ0) is 26.4. The van der Waals surface area contributed by atoms with Gasteiger partial charge in [-0.2, -0.15) is 26.3 Å². The quantitative estimate of drug-likeness (QED) is 0.193. The van der Waals surface area contributed by atoms with Crippen LogP contribution < -0.4 is 14.8 Å². The van der Waals surface area contributed by atoms with Gasteiger partial charge in [0.15, 0.2) is 18.1 Å². The summed E-state index contributed by atoms with van der Waals surface area (Å²) in [6.07, 6.45) is -11.8. The van der Waals surface area contributed by atoms with Crippen molar-refractivity contribution in [3.63, 3.8) is 0 Å². The molecule has 0 amide bonds. The highest BCUT2D eigenvalue weighted by Crippen LogP contribution is 2.42. The molecule has 5 nitrogen and oxygen atoms in total. The Kier molecular flexibility index (Phi) is 9.94. The molecule has 0 aromatic heterocycles. The smallest absolute Gasteiger partial charge is 0.417 e. The summed E-state index contributed by atoms with van der Waals surface area (Å²) in [5, 5.41) is 0.0862. The summed E-state index contributed by atoms with van der Waals surface area (Å²) >= 11 is 0. The fourth-order valence-corrected chi connectivity index (χ4v) is 4.20. The van der Waals surface area contributed by atoms with Gasteiger partial charge in [0, 0.05) is 30.1 Å². The molecule has 0 spiro atoms. The molecule has 0 bridgehead atoms. The lowest BCUT2D eigenvalue weighted by Gasteiger charge is -2.21. The topological polar surface area (TPSA) is 54.0 Å². The molecular formula is C23H25F6O5P. The van der Waals surface area contributed by atoms with E-state index in [1.807, 2.05) is 0 Å². The standard InChI is InChI=1S/C23H25F6O5P/c1-5-31-13(3)33-15-10-11-19(18(12-15)34-14(4)32-6-2)35-21(30)20-16(22(24,25)26)8-7-9-17(20)23(27,28)29/h7-14,35H,5-6H2,1-4H3. The first-order chi connectivity index (χ1) is 16.3. The number of hydrogen-bond acceptors (Lipinski definition) is 5. The number of halogens is 6. The van der Waals surface area contributed by atoms with Crippen LogP contribution in [0.25, 0.3) is 0 Å². The van der Waals surface area contributed by atoms with Crippen molar-refractivity contribution in [2.45, 2.75) is 52.6 Å². The van der Waals surface area contributed by atoms with Crippen LogP contribution in [0.4, 0.5) is 26.3 Å². The Hall–Kier alpha value is -2.36. The Balaban J connectivity index is 2.51. The molecule has 12 heteroatoms. The first kappa shape index (κ1) is 28.9. The molecule has 2 aromatic rings.